The number of hydrogen-bond acceptors (Lipinski definition) is 2. The van der Waals surface area contributed by atoms with E-state index in [0.717, 1.165) is 29.0 Å². The Balaban J connectivity index is 2.37. The van der Waals surface area contributed by atoms with E-state index in [1.165, 1.54) is 6.07 Å². The van der Waals surface area contributed by atoms with Crippen LogP contribution in [0.1, 0.15) is 18.3 Å². The number of nitrogens with zero attached hydrogens (tertiary/aromatic N) is 2. The Morgan fingerprint density at radius 2 is 2.05 bits per heavy atom. The van der Waals surface area contributed by atoms with Crippen LogP contribution in [0.5, 0.6) is 0 Å². The molecule has 0 fully saturated rings. The van der Waals surface area contributed by atoms with Crippen molar-refractivity contribution in [2.75, 3.05) is 5.73 Å². The van der Waals surface area contributed by atoms with Crippen molar-refractivity contribution in [1.82, 2.24) is 9.55 Å². The van der Waals surface area contributed by atoms with Crippen LogP contribution in [0.25, 0.3) is 16.7 Å². The van der Waals surface area contributed by atoms with Gasteiger partial charge in [-0.05, 0) is 37.3 Å². The van der Waals surface area contributed by atoms with Gasteiger partial charge in [0.2, 0.25) is 0 Å². The van der Waals surface area contributed by atoms with Gasteiger partial charge in [-0.3, -0.25) is 4.57 Å². The smallest absolute Gasteiger partial charge is 0.128 e. The van der Waals surface area contributed by atoms with Crippen LogP contribution in [0.3, 0.4) is 0 Å². The molecule has 0 unspecified atom stereocenters. The first-order valence-corrected chi connectivity index (χ1v) is 6.64. The predicted octanol–water partition coefficient (Wildman–Crippen LogP) is 3.62. The first kappa shape index (κ1) is 12.7. The predicted molar refractivity (Wildman–Crippen MR) is 79.6 cm³/mol. The standard InChI is InChI=1S/C16H16FN3/c1-3-16-19-13-9-11(18)7-8-15(13)20(16)14-6-4-5-12(17)10(14)2/h4-9H,3,18H2,1-2H3. The summed E-state index contributed by atoms with van der Waals surface area (Å²) < 4.78 is 15.8. The zero-order valence-corrected chi connectivity index (χ0v) is 11.5. The van der Waals surface area contributed by atoms with Crippen molar-refractivity contribution in [2.24, 2.45) is 0 Å². The third-order valence-electron chi connectivity index (χ3n) is 3.54. The van der Waals surface area contributed by atoms with E-state index < -0.39 is 0 Å². The number of imidazole rings is 1. The van der Waals surface area contributed by atoms with E-state index in [2.05, 4.69) is 4.98 Å². The fraction of sp³-hybridized carbons (Fsp3) is 0.188. The van der Waals surface area contributed by atoms with Gasteiger partial charge in [0.1, 0.15) is 11.6 Å². The molecule has 1 heterocycles. The van der Waals surface area contributed by atoms with E-state index >= 15 is 0 Å². The molecule has 0 atom stereocenters. The molecule has 0 aliphatic heterocycles. The van der Waals surface area contributed by atoms with Crippen LogP contribution >= 0.6 is 0 Å². The normalized spacial score (nSPS) is 11.2. The van der Waals surface area contributed by atoms with Gasteiger partial charge >= 0.3 is 0 Å². The van der Waals surface area contributed by atoms with Crippen molar-refractivity contribution in [1.29, 1.82) is 0 Å². The van der Waals surface area contributed by atoms with Gasteiger partial charge in [-0.1, -0.05) is 13.0 Å². The highest BCUT2D eigenvalue weighted by molar-refractivity contribution is 5.81. The summed E-state index contributed by atoms with van der Waals surface area (Å²) in [5.41, 5.74) is 9.73. The van der Waals surface area contributed by atoms with Gasteiger partial charge in [-0.15, -0.1) is 0 Å². The highest BCUT2D eigenvalue weighted by atomic mass is 19.1. The quantitative estimate of drug-likeness (QED) is 0.722. The molecule has 102 valence electrons. The lowest BCUT2D eigenvalue weighted by Crippen LogP contribution is -2.03. The minimum atomic E-state index is -0.207. The molecule has 0 saturated heterocycles. The van der Waals surface area contributed by atoms with Crippen LogP contribution in [0.4, 0.5) is 10.1 Å². The number of nitrogen functional groups attached to an aromatic ring is 1. The van der Waals surface area contributed by atoms with Crippen molar-refractivity contribution < 1.29 is 4.39 Å². The minimum absolute atomic E-state index is 0.207. The number of hydrogen-bond donors (Lipinski definition) is 1. The van der Waals surface area contributed by atoms with Crippen molar-refractivity contribution in [2.45, 2.75) is 20.3 Å². The van der Waals surface area contributed by atoms with Crippen molar-refractivity contribution >= 4 is 16.7 Å². The van der Waals surface area contributed by atoms with E-state index in [4.69, 9.17) is 5.73 Å². The van der Waals surface area contributed by atoms with E-state index in [9.17, 15) is 4.39 Å². The minimum Gasteiger partial charge on any atom is -0.399 e. The molecule has 3 aromatic rings. The van der Waals surface area contributed by atoms with E-state index in [1.54, 1.807) is 13.0 Å². The average Bonchev–Trinajstić information content (AvgIpc) is 2.79. The zero-order valence-electron chi connectivity index (χ0n) is 11.5. The summed E-state index contributed by atoms with van der Waals surface area (Å²) in [6.07, 6.45) is 0.768. The number of aryl methyl sites for hydroxylation is 1. The number of benzene rings is 2. The monoisotopic (exact) mass is 269 g/mol. The zero-order chi connectivity index (χ0) is 14.3. The molecular weight excluding hydrogens is 253 g/mol. The molecule has 2 aromatic carbocycles. The number of fused-ring (bicyclic) bond motifs is 1. The molecule has 0 aliphatic rings. The largest absolute Gasteiger partial charge is 0.399 e. The van der Waals surface area contributed by atoms with Crippen LogP contribution in [-0.2, 0) is 6.42 Å². The Kier molecular flexibility index (Phi) is 2.93. The molecule has 2 N–H and O–H groups in total. The molecule has 0 spiro atoms. The first-order valence-electron chi connectivity index (χ1n) is 6.64. The summed E-state index contributed by atoms with van der Waals surface area (Å²) >= 11 is 0. The second-order valence-electron chi connectivity index (χ2n) is 4.85. The Morgan fingerprint density at radius 3 is 2.80 bits per heavy atom. The van der Waals surface area contributed by atoms with E-state index in [1.807, 2.05) is 35.8 Å². The lowest BCUT2D eigenvalue weighted by Gasteiger charge is -2.12. The summed E-state index contributed by atoms with van der Waals surface area (Å²) in [5, 5.41) is 0. The molecular formula is C16H16FN3. The fourth-order valence-corrected chi connectivity index (χ4v) is 2.49. The van der Waals surface area contributed by atoms with Crippen LogP contribution in [-0.4, -0.2) is 9.55 Å². The third-order valence-corrected chi connectivity index (χ3v) is 3.54. The maximum absolute atomic E-state index is 13.8. The maximum atomic E-state index is 13.8. The lowest BCUT2D eigenvalue weighted by molar-refractivity contribution is 0.616. The molecule has 0 radical (unpaired) electrons. The fourth-order valence-electron chi connectivity index (χ4n) is 2.49. The number of nitrogens with two attached hydrogens (primary N) is 1. The van der Waals surface area contributed by atoms with E-state index in [0.29, 0.717) is 11.3 Å². The molecule has 0 bridgehead atoms. The molecule has 0 saturated carbocycles. The molecule has 1 aromatic heterocycles. The van der Waals surface area contributed by atoms with Gasteiger partial charge in [-0.2, -0.15) is 0 Å². The number of rotatable bonds is 2. The number of anilines is 1. The van der Waals surface area contributed by atoms with Crippen molar-refractivity contribution in [3.8, 4) is 5.69 Å². The van der Waals surface area contributed by atoms with Crippen LogP contribution in [0.2, 0.25) is 0 Å². The summed E-state index contributed by atoms with van der Waals surface area (Å²) in [6, 6.07) is 10.7. The molecule has 3 rings (SSSR count). The summed E-state index contributed by atoms with van der Waals surface area (Å²) in [7, 11) is 0. The Labute approximate surface area is 116 Å². The molecule has 4 heteroatoms. The Hall–Kier alpha value is -2.36. The van der Waals surface area contributed by atoms with Gasteiger partial charge in [0.25, 0.3) is 0 Å². The Morgan fingerprint density at radius 1 is 1.25 bits per heavy atom. The summed E-state index contributed by atoms with van der Waals surface area (Å²) in [6.45, 7) is 3.82. The van der Waals surface area contributed by atoms with Gasteiger partial charge in [0.05, 0.1) is 16.7 Å². The summed E-state index contributed by atoms with van der Waals surface area (Å²) in [5.74, 6) is 0.696. The van der Waals surface area contributed by atoms with Crippen molar-refractivity contribution in [3.05, 3.63) is 53.6 Å². The molecule has 3 nitrogen and oxygen atoms in total. The topological polar surface area (TPSA) is 43.8 Å². The van der Waals surface area contributed by atoms with Crippen LogP contribution in [0, 0.1) is 12.7 Å². The van der Waals surface area contributed by atoms with Gasteiger partial charge in [0, 0.05) is 17.7 Å². The van der Waals surface area contributed by atoms with E-state index in [-0.39, 0.29) is 5.82 Å². The third kappa shape index (κ3) is 1.84. The highest BCUT2D eigenvalue weighted by Gasteiger charge is 2.14. The highest BCUT2D eigenvalue weighted by Crippen LogP contribution is 2.26. The van der Waals surface area contributed by atoms with Crippen molar-refractivity contribution in [3.63, 3.8) is 0 Å². The number of aromatic nitrogens is 2. The maximum Gasteiger partial charge on any atom is 0.128 e. The number of halogens is 1. The lowest BCUT2D eigenvalue weighted by atomic mass is 10.1. The van der Waals surface area contributed by atoms with Crippen LogP contribution < -0.4 is 5.73 Å². The Bertz CT molecular complexity index is 790. The average molecular weight is 269 g/mol. The summed E-state index contributed by atoms with van der Waals surface area (Å²) in [4.78, 5) is 4.60. The molecule has 0 amide bonds. The van der Waals surface area contributed by atoms with Crippen LogP contribution in [0.15, 0.2) is 36.4 Å². The second-order valence-corrected chi connectivity index (χ2v) is 4.85. The first-order chi connectivity index (χ1) is 9.61. The second kappa shape index (κ2) is 4.63. The molecule has 20 heavy (non-hydrogen) atoms. The van der Waals surface area contributed by atoms with Gasteiger partial charge < -0.3 is 5.73 Å². The molecule has 0 aliphatic carbocycles. The van der Waals surface area contributed by atoms with Gasteiger partial charge in [-0.25, -0.2) is 9.37 Å². The SMILES string of the molecule is CCc1nc2cc(N)ccc2n1-c1cccc(F)c1C. The van der Waals surface area contributed by atoms with Gasteiger partial charge in [0.15, 0.2) is 0 Å².